The van der Waals surface area contributed by atoms with Crippen molar-refractivity contribution in [3.63, 3.8) is 0 Å². The van der Waals surface area contributed by atoms with E-state index in [4.69, 9.17) is 5.84 Å². The van der Waals surface area contributed by atoms with Gasteiger partial charge < -0.3 is 10.7 Å². The van der Waals surface area contributed by atoms with Crippen molar-refractivity contribution in [2.75, 3.05) is 23.5 Å². The molecule has 0 unspecified atom stereocenters. The number of carbonyl (C=O) groups excluding carboxylic acids is 1. The molecule has 7 nitrogen and oxygen atoms in total. The van der Waals surface area contributed by atoms with Crippen molar-refractivity contribution in [2.24, 2.45) is 11.8 Å². The Morgan fingerprint density at radius 3 is 2.76 bits per heavy atom. The van der Waals surface area contributed by atoms with E-state index in [-0.39, 0.29) is 16.9 Å². The molecule has 0 bridgehead atoms. The summed E-state index contributed by atoms with van der Waals surface area (Å²) < 4.78 is 0. The van der Waals surface area contributed by atoms with Gasteiger partial charge in [0.2, 0.25) is 0 Å². The van der Waals surface area contributed by atoms with Crippen LogP contribution in [0, 0.1) is 16.0 Å². The zero-order valence-electron chi connectivity index (χ0n) is 11.5. The number of nitro groups is 1. The molecule has 1 amide bonds. The lowest BCUT2D eigenvalue weighted by molar-refractivity contribution is -0.384. The smallest absolute Gasteiger partial charge is 0.306 e. The molecular formula is C13H18N4O3S. The van der Waals surface area contributed by atoms with E-state index in [0.29, 0.717) is 12.5 Å². The molecule has 0 atom stereocenters. The van der Waals surface area contributed by atoms with Crippen LogP contribution in [0.25, 0.3) is 0 Å². The number of nitrogens with zero attached hydrogens (tertiary/aromatic N) is 1. The molecule has 1 heterocycles. The van der Waals surface area contributed by atoms with Gasteiger partial charge in [0.25, 0.3) is 5.91 Å². The lowest BCUT2D eigenvalue weighted by atomic mass is 10.0. The van der Waals surface area contributed by atoms with Crippen LogP contribution in [0.2, 0.25) is 0 Å². The summed E-state index contributed by atoms with van der Waals surface area (Å²) in [5.41, 5.74) is 2.11. The van der Waals surface area contributed by atoms with Gasteiger partial charge in [-0.25, -0.2) is 0 Å². The van der Waals surface area contributed by atoms with Crippen LogP contribution in [-0.4, -0.2) is 28.9 Å². The van der Waals surface area contributed by atoms with E-state index in [1.807, 2.05) is 11.8 Å². The highest BCUT2D eigenvalue weighted by molar-refractivity contribution is 7.99. The molecule has 8 heteroatoms. The fourth-order valence-electron chi connectivity index (χ4n) is 2.32. The second-order valence-corrected chi connectivity index (χ2v) is 6.09. The number of para-hydroxylation sites is 1. The zero-order valence-corrected chi connectivity index (χ0v) is 12.3. The Labute approximate surface area is 126 Å². The molecule has 0 aromatic heterocycles. The molecule has 1 saturated heterocycles. The minimum atomic E-state index is -0.596. The van der Waals surface area contributed by atoms with Crippen LogP contribution in [0.3, 0.4) is 0 Å². The first-order valence-electron chi connectivity index (χ1n) is 6.73. The van der Waals surface area contributed by atoms with Crippen LogP contribution in [0.1, 0.15) is 23.2 Å². The van der Waals surface area contributed by atoms with Gasteiger partial charge in [-0.3, -0.25) is 20.8 Å². The summed E-state index contributed by atoms with van der Waals surface area (Å²) >= 11 is 1.92. The van der Waals surface area contributed by atoms with Crippen molar-refractivity contribution >= 4 is 29.0 Å². The quantitative estimate of drug-likeness (QED) is 0.434. The van der Waals surface area contributed by atoms with Crippen molar-refractivity contribution in [2.45, 2.75) is 12.8 Å². The summed E-state index contributed by atoms with van der Waals surface area (Å²) in [7, 11) is 0. The number of hydrogen-bond donors (Lipinski definition) is 3. The van der Waals surface area contributed by atoms with Crippen molar-refractivity contribution in [3.05, 3.63) is 33.9 Å². The second-order valence-electron chi connectivity index (χ2n) is 4.87. The van der Waals surface area contributed by atoms with Crippen molar-refractivity contribution < 1.29 is 9.72 Å². The first kappa shape index (κ1) is 15.6. The molecule has 21 heavy (non-hydrogen) atoms. The number of benzene rings is 1. The summed E-state index contributed by atoms with van der Waals surface area (Å²) in [6.45, 7) is 0.552. The summed E-state index contributed by atoms with van der Waals surface area (Å²) in [6.07, 6.45) is 2.13. The molecular weight excluding hydrogens is 292 g/mol. The van der Waals surface area contributed by atoms with Gasteiger partial charge in [-0.15, -0.1) is 0 Å². The Morgan fingerprint density at radius 2 is 2.14 bits per heavy atom. The zero-order chi connectivity index (χ0) is 15.2. The van der Waals surface area contributed by atoms with Crippen molar-refractivity contribution in [3.8, 4) is 0 Å². The molecule has 4 N–H and O–H groups in total. The molecule has 0 saturated carbocycles. The largest absolute Gasteiger partial charge is 0.352 e. The number of thioether (sulfide) groups is 1. The van der Waals surface area contributed by atoms with Gasteiger partial charge in [-0.1, -0.05) is 6.07 Å². The highest BCUT2D eigenvalue weighted by Crippen LogP contribution is 2.28. The van der Waals surface area contributed by atoms with E-state index in [0.717, 1.165) is 24.3 Å². The second kappa shape index (κ2) is 7.28. The lowest BCUT2D eigenvalue weighted by Crippen LogP contribution is -2.31. The maximum Gasteiger partial charge on any atom is 0.306 e. The highest BCUT2D eigenvalue weighted by atomic mass is 32.2. The van der Waals surface area contributed by atoms with Gasteiger partial charge >= 0.3 is 5.69 Å². The summed E-state index contributed by atoms with van der Waals surface area (Å²) in [6, 6.07) is 4.46. The first-order valence-corrected chi connectivity index (χ1v) is 7.89. The maximum atomic E-state index is 12.2. The number of anilines is 1. The Bertz CT molecular complexity index is 532. The van der Waals surface area contributed by atoms with Gasteiger partial charge in [-0.2, -0.15) is 11.8 Å². The number of nitro benzene ring substituents is 1. The van der Waals surface area contributed by atoms with Crippen LogP contribution in [0.5, 0.6) is 0 Å². The van der Waals surface area contributed by atoms with Crippen molar-refractivity contribution in [1.29, 1.82) is 0 Å². The number of hydrogen-bond acceptors (Lipinski definition) is 6. The third-order valence-corrected chi connectivity index (χ3v) is 4.56. The number of hydrazine groups is 1. The van der Waals surface area contributed by atoms with Gasteiger partial charge in [-0.05, 0) is 42.4 Å². The van der Waals surface area contributed by atoms with E-state index < -0.39 is 10.8 Å². The Morgan fingerprint density at radius 1 is 1.43 bits per heavy atom. The van der Waals surface area contributed by atoms with Crippen LogP contribution in [-0.2, 0) is 0 Å². The molecule has 0 radical (unpaired) electrons. The molecule has 114 valence electrons. The molecule has 0 aliphatic carbocycles. The molecule has 1 aromatic carbocycles. The van der Waals surface area contributed by atoms with Gasteiger partial charge in [0.1, 0.15) is 11.3 Å². The monoisotopic (exact) mass is 310 g/mol. The molecule has 2 rings (SSSR count). The minimum absolute atomic E-state index is 0.0284. The predicted octanol–water partition coefficient (Wildman–Crippen LogP) is 1.75. The fourth-order valence-corrected chi connectivity index (χ4v) is 3.53. The van der Waals surface area contributed by atoms with Gasteiger partial charge in [0.15, 0.2) is 0 Å². The number of nitrogen functional groups attached to an aromatic ring is 1. The summed E-state index contributed by atoms with van der Waals surface area (Å²) in [5, 5.41) is 13.9. The number of amides is 1. The van der Waals surface area contributed by atoms with E-state index in [9.17, 15) is 14.9 Å². The lowest BCUT2D eigenvalue weighted by Gasteiger charge is -2.21. The number of nitrogens with one attached hydrogen (secondary N) is 2. The van der Waals surface area contributed by atoms with E-state index in [1.165, 1.54) is 12.1 Å². The third kappa shape index (κ3) is 3.85. The third-order valence-electron chi connectivity index (χ3n) is 3.51. The standard InChI is InChI=1S/C13H18N4O3S/c14-16-11-3-1-2-10(12(11)17(19)20)13(18)15-8-9-4-6-21-7-5-9/h1-3,9,16H,4-8,14H2,(H,15,18). The van der Waals surface area contributed by atoms with Crippen molar-refractivity contribution in [1.82, 2.24) is 5.32 Å². The highest BCUT2D eigenvalue weighted by Gasteiger charge is 2.24. The van der Waals surface area contributed by atoms with Crippen LogP contribution in [0.4, 0.5) is 11.4 Å². The fraction of sp³-hybridized carbons (Fsp3) is 0.462. The van der Waals surface area contributed by atoms with Crippen LogP contribution < -0.4 is 16.6 Å². The van der Waals surface area contributed by atoms with Gasteiger partial charge in [0, 0.05) is 6.54 Å². The van der Waals surface area contributed by atoms with E-state index in [1.54, 1.807) is 6.07 Å². The van der Waals surface area contributed by atoms with E-state index in [2.05, 4.69) is 10.7 Å². The van der Waals surface area contributed by atoms with Gasteiger partial charge in [0.05, 0.1) is 4.92 Å². The van der Waals surface area contributed by atoms with Crippen LogP contribution >= 0.6 is 11.8 Å². The molecule has 1 aliphatic rings. The molecule has 0 spiro atoms. The molecule has 1 fully saturated rings. The SMILES string of the molecule is NNc1cccc(C(=O)NCC2CCSCC2)c1[N+](=O)[O-]. The van der Waals surface area contributed by atoms with E-state index >= 15 is 0 Å². The Kier molecular flexibility index (Phi) is 5.40. The average molecular weight is 310 g/mol. The summed E-state index contributed by atoms with van der Waals surface area (Å²) in [4.78, 5) is 22.7. The topological polar surface area (TPSA) is 110 Å². The Hall–Kier alpha value is -1.80. The number of rotatable bonds is 5. The molecule has 1 aromatic rings. The summed E-state index contributed by atoms with van der Waals surface area (Å²) in [5.74, 6) is 7.48. The Balaban J connectivity index is 2.09. The van der Waals surface area contributed by atoms with Crippen LogP contribution in [0.15, 0.2) is 18.2 Å². The predicted molar refractivity (Wildman–Crippen MR) is 83.3 cm³/mol. The number of nitrogens with two attached hydrogens (primary N) is 1. The maximum absolute atomic E-state index is 12.2. The average Bonchev–Trinajstić information content (AvgIpc) is 2.52. The normalized spacial score (nSPS) is 15.5. The number of carbonyl (C=O) groups is 1. The molecule has 1 aliphatic heterocycles. The minimum Gasteiger partial charge on any atom is -0.352 e. The first-order chi connectivity index (χ1) is 10.1.